The average Bonchev–Trinajstić information content (AvgIpc) is 3.13. The van der Waals surface area contributed by atoms with E-state index in [-0.39, 0.29) is 17.2 Å². The molecule has 1 fully saturated rings. The number of piperidine rings is 1. The van der Waals surface area contributed by atoms with Crippen LogP contribution in [0, 0.1) is 11.6 Å². The summed E-state index contributed by atoms with van der Waals surface area (Å²) < 4.78 is 29.0. The molecule has 1 amide bonds. The number of nitrogens with zero attached hydrogens (tertiary/aromatic N) is 4. The normalized spacial score (nSPS) is 15.6. The number of aromatic nitrogens is 3. The van der Waals surface area contributed by atoms with Gasteiger partial charge < -0.3 is 14.8 Å². The summed E-state index contributed by atoms with van der Waals surface area (Å²) >= 11 is 1.28. The summed E-state index contributed by atoms with van der Waals surface area (Å²) in [6.07, 6.45) is 6.38. The Kier molecular flexibility index (Phi) is 8.60. The number of rotatable bonds is 10. The van der Waals surface area contributed by atoms with Gasteiger partial charge >= 0.3 is 0 Å². The lowest BCUT2D eigenvalue weighted by Gasteiger charge is -2.26. The van der Waals surface area contributed by atoms with Crippen molar-refractivity contribution in [2.75, 3.05) is 25.4 Å². The number of carbonyl (C=O) groups excluding carboxylic acids is 1. The fourth-order valence-corrected chi connectivity index (χ4v) is 4.49. The topological polar surface area (TPSA) is 63.1 Å². The first-order valence-electron chi connectivity index (χ1n) is 10.6. The minimum atomic E-state index is -0.676. The molecular formula is C22H29F2N5OS. The summed E-state index contributed by atoms with van der Waals surface area (Å²) in [6, 6.07) is 2.77. The zero-order chi connectivity index (χ0) is 22.2. The van der Waals surface area contributed by atoms with Gasteiger partial charge in [0.25, 0.3) is 0 Å². The van der Waals surface area contributed by atoms with Crippen LogP contribution in [0.1, 0.15) is 43.6 Å². The van der Waals surface area contributed by atoms with Gasteiger partial charge in [0.2, 0.25) is 5.91 Å². The van der Waals surface area contributed by atoms with Crippen molar-refractivity contribution in [2.24, 2.45) is 0 Å². The smallest absolute Gasteiger partial charge is 0.230 e. The van der Waals surface area contributed by atoms with Gasteiger partial charge in [-0.25, -0.2) is 8.78 Å². The van der Waals surface area contributed by atoms with E-state index in [4.69, 9.17) is 0 Å². The zero-order valence-electron chi connectivity index (χ0n) is 17.8. The number of allylic oxidation sites excluding steroid dienone is 1. The van der Waals surface area contributed by atoms with Crippen LogP contribution < -0.4 is 5.32 Å². The number of hydrogen-bond donors (Lipinski definition) is 1. The van der Waals surface area contributed by atoms with E-state index in [1.165, 1.54) is 43.2 Å². The molecule has 0 saturated carbocycles. The third kappa shape index (κ3) is 6.61. The molecule has 1 saturated heterocycles. The van der Waals surface area contributed by atoms with Crippen LogP contribution in [-0.2, 0) is 17.8 Å². The van der Waals surface area contributed by atoms with Gasteiger partial charge in [0, 0.05) is 31.1 Å². The van der Waals surface area contributed by atoms with Gasteiger partial charge in [-0.1, -0.05) is 30.3 Å². The summed E-state index contributed by atoms with van der Waals surface area (Å²) in [7, 11) is 0. The molecule has 1 N–H and O–H groups in total. The summed E-state index contributed by atoms with van der Waals surface area (Å²) in [5.41, 5.74) is 0.245. The van der Waals surface area contributed by atoms with E-state index in [9.17, 15) is 13.6 Å². The number of likely N-dealkylation sites (tertiary alicyclic amines) is 1. The average molecular weight is 450 g/mol. The third-order valence-electron chi connectivity index (χ3n) is 5.34. The van der Waals surface area contributed by atoms with Crippen molar-refractivity contribution in [3.63, 3.8) is 0 Å². The number of carbonyl (C=O) groups is 1. The maximum absolute atomic E-state index is 13.9. The molecule has 3 rings (SSSR count). The Morgan fingerprint density at radius 3 is 2.77 bits per heavy atom. The fourth-order valence-electron chi connectivity index (χ4n) is 3.71. The van der Waals surface area contributed by atoms with E-state index in [0.717, 1.165) is 37.9 Å². The molecule has 0 spiro atoms. The lowest BCUT2D eigenvalue weighted by atomic mass is 10.1. The number of thioether (sulfide) groups is 1. The standard InChI is InChI=1S/C22H29F2N5OS/c1-3-10-29-20(9-13-28-11-5-4-6-12-28)26-27-22(29)31-15-21(30)25-16(2)18-8-7-17(23)14-19(18)24/h3,7-8,14,16H,1,4-6,9-13,15H2,2H3,(H,25,30)/t16-/m1/s1. The summed E-state index contributed by atoms with van der Waals surface area (Å²) in [5.74, 6) is -0.578. The second-order valence-electron chi connectivity index (χ2n) is 7.69. The summed E-state index contributed by atoms with van der Waals surface area (Å²) in [6.45, 7) is 9.25. The molecule has 1 aromatic carbocycles. The lowest BCUT2D eigenvalue weighted by Crippen LogP contribution is -2.32. The number of benzene rings is 1. The van der Waals surface area contributed by atoms with Crippen LogP contribution in [0.5, 0.6) is 0 Å². The van der Waals surface area contributed by atoms with Crippen molar-refractivity contribution < 1.29 is 13.6 Å². The zero-order valence-corrected chi connectivity index (χ0v) is 18.6. The van der Waals surface area contributed by atoms with Gasteiger partial charge in [-0.2, -0.15) is 0 Å². The van der Waals surface area contributed by atoms with Gasteiger partial charge in [-0.15, -0.1) is 16.8 Å². The molecule has 2 heterocycles. The van der Waals surface area contributed by atoms with Crippen LogP contribution in [-0.4, -0.2) is 51.0 Å². The van der Waals surface area contributed by atoms with Gasteiger partial charge in [0.05, 0.1) is 11.8 Å². The maximum Gasteiger partial charge on any atom is 0.230 e. The molecule has 31 heavy (non-hydrogen) atoms. The van der Waals surface area contributed by atoms with E-state index in [1.807, 2.05) is 4.57 Å². The number of halogens is 2. The van der Waals surface area contributed by atoms with Crippen LogP contribution in [0.2, 0.25) is 0 Å². The van der Waals surface area contributed by atoms with Crippen LogP contribution in [0.4, 0.5) is 8.78 Å². The van der Waals surface area contributed by atoms with Crippen molar-refractivity contribution in [3.8, 4) is 0 Å². The molecule has 1 atom stereocenters. The minimum Gasteiger partial charge on any atom is -0.349 e. The highest BCUT2D eigenvalue weighted by atomic mass is 32.2. The van der Waals surface area contributed by atoms with Gasteiger partial charge in [0.1, 0.15) is 17.5 Å². The Hall–Kier alpha value is -2.26. The van der Waals surface area contributed by atoms with Crippen molar-refractivity contribution in [1.82, 2.24) is 25.0 Å². The molecule has 1 aliphatic heterocycles. The first-order valence-corrected chi connectivity index (χ1v) is 11.6. The highest BCUT2D eigenvalue weighted by molar-refractivity contribution is 7.99. The molecule has 1 aliphatic rings. The Balaban J connectivity index is 1.55. The lowest BCUT2D eigenvalue weighted by molar-refractivity contribution is -0.119. The SMILES string of the molecule is C=CCn1c(CCN2CCCCC2)nnc1SCC(=O)N[C@H](C)c1ccc(F)cc1F. The van der Waals surface area contributed by atoms with Crippen LogP contribution in [0.15, 0.2) is 36.0 Å². The summed E-state index contributed by atoms with van der Waals surface area (Å²) in [4.78, 5) is 14.8. The molecule has 0 bridgehead atoms. The molecule has 6 nitrogen and oxygen atoms in total. The van der Waals surface area contributed by atoms with E-state index < -0.39 is 17.7 Å². The molecule has 0 unspecified atom stereocenters. The maximum atomic E-state index is 13.9. The first-order chi connectivity index (χ1) is 15.0. The molecular weight excluding hydrogens is 420 g/mol. The van der Waals surface area contributed by atoms with Gasteiger partial charge in [-0.3, -0.25) is 4.79 Å². The number of nitrogens with one attached hydrogen (secondary N) is 1. The fraction of sp³-hybridized carbons (Fsp3) is 0.500. The summed E-state index contributed by atoms with van der Waals surface area (Å²) in [5, 5.41) is 12.0. The Morgan fingerprint density at radius 1 is 1.29 bits per heavy atom. The van der Waals surface area contributed by atoms with E-state index in [2.05, 4.69) is 27.0 Å². The van der Waals surface area contributed by atoms with Gasteiger partial charge in [0.15, 0.2) is 5.16 Å². The second-order valence-corrected chi connectivity index (χ2v) is 8.64. The first kappa shape index (κ1) is 23.4. The van der Waals surface area contributed by atoms with Crippen LogP contribution in [0.3, 0.4) is 0 Å². The van der Waals surface area contributed by atoms with Crippen LogP contribution >= 0.6 is 11.8 Å². The number of hydrogen-bond acceptors (Lipinski definition) is 5. The van der Waals surface area contributed by atoms with Crippen LogP contribution in [0.25, 0.3) is 0 Å². The van der Waals surface area contributed by atoms with E-state index >= 15 is 0 Å². The molecule has 0 radical (unpaired) electrons. The quantitative estimate of drug-likeness (QED) is 0.442. The predicted octanol–water partition coefficient (Wildman–Crippen LogP) is 3.74. The third-order valence-corrected chi connectivity index (χ3v) is 6.31. The molecule has 1 aromatic heterocycles. The molecule has 168 valence electrons. The van der Waals surface area contributed by atoms with Crippen molar-refractivity contribution in [2.45, 2.75) is 50.4 Å². The predicted molar refractivity (Wildman–Crippen MR) is 118 cm³/mol. The Bertz CT molecular complexity index is 898. The minimum absolute atomic E-state index is 0.120. The van der Waals surface area contributed by atoms with Crippen molar-refractivity contribution in [3.05, 3.63) is 53.9 Å². The van der Waals surface area contributed by atoms with E-state index in [1.54, 1.807) is 13.0 Å². The van der Waals surface area contributed by atoms with Gasteiger partial charge in [-0.05, 0) is 38.9 Å². The van der Waals surface area contributed by atoms with E-state index in [0.29, 0.717) is 11.7 Å². The largest absolute Gasteiger partial charge is 0.349 e. The molecule has 0 aliphatic carbocycles. The highest BCUT2D eigenvalue weighted by Crippen LogP contribution is 2.20. The Morgan fingerprint density at radius 2 is 2.06 bits per heavy atom. The van der Waals surface area contributed by atoms with Crippen molar-refractivity contribution >= 4 is 17.7 Å². The monoisotopic (exact) mass is 449 g/mol. The highest BCUT2D eigenvalue weighted by Gasteiger charge is 2.18. The number of amides is 1. The van der Waals surface area contributed by atoms with Crippen molar-refractivity contribution in [1.29, 1.82) is 0 Å². The second kappa shape index (κ2) is 11.4. The molecule has 9 heteroatoms. The molecule has 2 aromatic rings. The Labute approximate surface area is 186 Å².